The first-order valence-corrected chi connectivity index (χ1v) is 6.31. The van der Waals surface area contributed by atoms with Gasteiger partial charge in [-0.15, -0.1) is 0 Å². The molecule has 2 rings (SSSR count). The average Bonchev–Trinajstić information content (AvgIpc) is 2.33. The molecule has 18 heavy (non-hydrogen) atoms. The molecule has 3 heteroatoms. The van der Waals surface area contributed by atoms with Crippen molar-refractivity contribution in [2.24, 2.45) is 0 Å². The van der Waals surface area contributed by atoms with Crippen LogP contribution < -0.4 is 9.64 Å². The second kappa shape index (κ2) is 5.02. The van der Waals surface area contributed by atoms with Crippen LogP contribution in [0.2, 0.25) is 0 Å². The van der Waals surface area contributed by atoms with Gasteiger partial charge in [0.05, 0.1) is 18.3 Å². The molecule has 0 spiro atoms. The molecule has 0 fully saturated rings. The molecule has 98 valence electrons. The number of hydrogen-bond acceptors (Lipinski definition) is 3. The second-order valence-corrected chi connectivity index (χ2v) is 5.12. The Morgan fingerprint density at radius 2 is 2.17 bits per heavy atom. The topological polar surface area (TPSA) is 32.7 Å². The molecule has 3 nitrogen and oxygen atoms in total. The molecule has 1 aromatic carbocycles. The fourth-order valence-corrected chi connectivity index (χ4v) is 2.21. The number of anilines is 1. The summed E-state index contributed by atoms with van der Waals surface area (Å²) in [4.78, 5) is 2.13. The van der Waals surface area contributed by atoms with Gasteiger partial charge in [0.2, 0.25) is 0 Å². The largest absolute Gasteiger partial charge is 0.489 e. The maximum atomic E-state index is 9.47. The SMILES string of the molecule is CC(C)=CN1c2ccc(C)c(C)c2OCC1CO. The van der Waals surface area contributed by atoms with Crippen LogP contribution in [-0.2, 0) is 0 Å². The summed E-state index contributed by atoms with van der Waals surface area (Å²) in [7, 11) is 0. The predicted molar refractivity (Wildman–Crippen MR) is 74.2 cm³/mol. The first-order valence-electron chi connectivity index (χ1n) is 6.31. The number of aryl methyl sites for hydroxylation is 1. The quantitative estimate of drug-likeness (QED) is 0.872. The van der Waals surface area contributed by atoms with Gasteiger partial charge in [-0.1, -0.05) is 11.6 Å². The van der Waals surface area contributed by atoms with E-state index < -0.39 is 0 Å². The highest BCUT2D eigenvalue weighted by atomic mass is 16.5. The van der Waals surface area contributed by atoms with Crippen molar-refractivity contribution >= 4 is 5.69 Å². The van der Waals surface area contributed by atoms with Gasteiger partial charge in [-0.3, -0.25) is 0 Å². The van der Waals surface area contributed by atoms with E-state index in [4.69, 9.17) is 4.74 Å². The Labute approximate surface area is 109 Å². The molecule has 0 amide bonds. The lowest BCUT2D eigenvalue weighted by Gasteiger charge is -2.36. The van der Waals surface area contributed by atoms with E-state index in [1.165, 1.54) is 16.7 Å². The van der Waals surface area contributed by atoms with Crippen LogP contribution in [0.3, 0.4) is 0 Å². The highest BCUT2D eigenvalue weighted by Gasteiger charge is 2.27. The number of nitrogens with zero attached hydrogens (tertiary/aromatic N) is 1. The maximum absolute atomic E-state index is 9.47. The van der Waals surface area contributed by atoms with Crippen molar-refractivity contribution in [1.29, 1.82) is 0 Å². The second-order valence-electron chi connectivity index (χ2n) is 5.12. The maximum Gasteiger partial charge on any atom is 0.146 e. The molecule has 1 N–H and O–H groups in total. The lowest BCUT2D eigenvalue weighted by Crippen LogP contribution is -2.42. The number of hydrogen-bond donors (Lipinski definition) is 1. The zero-order valence-electron chi connectivity index (χ0n) is 11.5. The third-order valence-electron chi connectivity index (χ3n) is 3.36. The molecular formula is C15H21NO2. The van der Waals surface area contributed by atoms with Crippen molar-refractivity contribution in [2.45, 2.75) is 33.7 Å². The summed E-state index contributed by atoms with van der Waals surface area (Å²) in [6.07, 6.45) is 2.08. The first kappa shape index (κ1) is 13.0. The van der Waals surface area contributed by atoms with Crippen LogP contribution in [0.15, 0.2) is 23.9 Å². The number of ether oxygens (including phenoxy) is 1. The van der Waals surface area contributed by atoms with E-state index in [0.717, 1.165) is 11.4 Å². The number of fused-ring (bicyclic) bond motifs is 1. The highest BCUT2D eigenvalue weighted by molar-refractivity contribution is 5.67. The van der Waals surface area contributed by atoms with Crippen molar-refractivity contribution < 1.29 is 9.84 Å². The number of aliphatic hydroxyl groups excluding tert-OH is 1. The number of aliphatic hydroxyl groups is 1. The van der Waals surface area contributed by atoms with Gasteiger partial charge in [0.25, 0.3) is 0 Å². The summed E-state index contributed by atoms with van der Waals surface area (Å²) in [5.74, 6) is 0.942. The van der Waals surface area contributed by atoms with E-state index in [1.807, 2.05) is 0 Å². The van der Waals surface area contributed by atoms with Gasteiger partial charge in [0, 0.05) is 6.20 Å². The fraction of sp³-hybridized carbons (Fsp3) is 0.467. The molecule has 1 atom stereocenters. The Bertz CT molecular complexity index is 476. The fourth-order valence-electron chi connectivity index (χ4n) is 2.21. The van der Waals surface area contributed by atoms with Gasteiger partial charge in [-0.05, 0) is 44.9 Å². The third kappa shape index (κ3) is 2.23. The summed E-state index contributed by atoms with van der Waals surface area (Å²) in [5.41, 5.74) is 4.66. The summed E-state index contributed by atoms with van der Waals surface area (Å²) in [5, 5.41) is 9.47. The Morgan fingerprint density at radius 1 is 1.44 bits per heavy atom. The van der Waals surface area contributed by atoms with Gasteiger partial charge in [-0.2, -0.15) is 0 Å². The van der Waals surface area contributed by atoms with Gasteiger partial charge < -0.3 is 14.7 Å². The summed E-state index contributed by atoms with van der Waals surface area (Å²) < 4.78 is 5.82. The monoisotopic (exact) mass is 247 g/mol. The van der Waals surface area contributed by atoms with Crippen LogP contribution in [0.5, 0.6) is 5.75 Å². The van der Waals surface area contributed by atoms with Gasteiger partial charge in [-0.25, -0.2) is 0 Å². The summed E-state index contributed by atoms with van der Waals surface area (Å²) in [6, 6.07) is 4.16. The van der Waals surface area contributed by atoms with E-state index in [9.17, 15) is 5.11 Å². The van der Waals surface area contributed by atoms with Gasteiger partial charge in [0.1, 0.15) is 12.4 Å². The van der Waals surface area contributed by atoms with E-state index >= 15 is 0 Å². The van der Waals surface area contributed by atoms with Gasteiger partial charge in [0.15, 0.2) is 0 Å². The van der Waals surface area contributed by atoms with E-state index in [1.54, 1.807) is 0 Å². The molecule has 0 aromatic heterocycles. The zero-order valence-corrected chi connectivity index (χ0v) is 11.5. The number of allylic oxidation sites excluding steroid dienone is 1. The van der Waals surface area contributed by atoms with Crippen molar-refractivity contribution in [3.05, 3.63) is 35.0 Å². The summed E-state index contributed by atoms with van der Waals surface area (Å²) in [6.45, 7) is 8.90. The van der Waals surface area contributed by atoms with E-state index in [-0.39, 0.29) is 12.6 Å². The van der Waals surface area contributed by atoms with Crippen molar-refractivity contribution in [2.75, 3.05) is 18.1 Å². The standard InChI is InChI=1S/C15H21NO2/c1-10(2)7-16-13(8-17)9-18-15-12(4)11(3)5-6-14(15)16/h5-7,13,17H,8-9H2,1-4H3. The Kier molecular flexibility index (Phi) is 3.62. The van der Waals surface area contributed by atoms with Crippen molar-refractivity contribution in [3.63, 3.8) is 0 Å². The molecule has 0 saturated heterocycles. The average molecular weight is 247 g/mol. The van der Waals surface area contributed by atoms with E-state index in [2.05, 4.69) is 50.9 Å². The lowest BCUT2D eigenvalue weighted by molar-refractivity contribution is 0.193. The molecule has 0 saturated carbocycles. The first-order chi connectivity index (χ1) is 8.54. The Morgan fingerprint density at radius 3 is 2.78 bits per heavy atom. The third-order valence-corrected chi connectivity index (χ3v) is 3.36. The lowest BCUT2D eigenvalue weighted by atomic mass is 10.0. The molecule has 1 heterocycles. The zero-order chi connectivity index (χ0) is 13.3. The van der Waals surface area contributed by atoms with Crippen LogP contribution in [0, 0.1) is 13.8 Å². The molecule has 1 aliphatic heterocycles. The highest BCUT2D eigenvalue weighted by Crippen LogP contribution is 2.38. The Hall–Kier alpha value is -1.48. The van der Waals surface area contributed by atoms with Crippen LogP contribution >= 0.6 is 0 Å². The van der Waals surface area contributed by atoms with Gasteiger partial charge >= 0.3 is 0 Å². The number of rotatable bonds is 2. The van der Waals surface area contributed by atoms with Crippen LogP contribution in [0.25, 0.3) is 0 Å². The van der Waals surface area contributed by atoms with Crippen LogP contribution in [-0.4, -0.2) is 24.4 Å². The molecule has 1 aliphatic rings. The molecule has 0 bridgehead atoms. The molecule has 1 aromatic rings. The van der Waals surface area contributed by atoms with E-state index in [0.29, 0.717) is 6.61 Å². The molecule has 0 aliphatic carbocycles. The van der Waals surface area contributed by atoms with Crippen molar-refractivity contribution in [1.82, 2.24) is 0 Å². The number of benzene rings is 1. The molecule has 1 unspecified atom stereocenters. The minimum Gasteiger partial charge on any atom is -0.489 e. The van der Waals surface area contributed by atoms with Crippen LogP contribution in [0.4, 0.5) is 5.69 Å². The van der Waals surface area contributed by atoms with Crippen molar-refractivity contribution in [3.8, 4) is 5.75 Å². The Balaban J connectivity index is 2.51. The smallest absolute Gasteiger partial charge is 0.146 e. The molecular weight excluding hydrogens is 226 g/mol. The normalized spacial score (nSPS) is 18.1. The minimum absolute atomic E-state index is 0.00509. The predicted octanol–water partition coefficient (Wildman–Crippen LogP) is 2.79. The minimum atomic E-state index is -0.00509. The summed E-state index contributed by atoms with van der Waals surface area (Å²) >= 11 is 0. The molecule has 0 radical (unpaired) electrons. The van der Waals surface area contributed by atoms with Crippen LogP contribution in [0.1, 0.15) is 25.0 Å².